The first-order chi connectivity index (χ1) is 18.0. The molecule has 1 aromatic heterocycles. The Kier molecular flexibility index (Phi) is 7.76. The van der Waals surface area contributed by atoms with Crippen molar-refractivity contribution < 1.29 is 28.9 Å². The van der Waals surface area contributed by atoms with E-state index in [9.17, 15) is 14.7 Å². The van der Waals surface area contributed by atoms with Crippen LogP contribution in [-0.4, -0.2) is 41.1 Å². The first-order valence-electron chi connectivity index (χ1n) is 12.6. The fraction of sp³-hybridized carbons (Fsp3) is 0.379. The molecule has 1 saturated carbocycles. The largest absolute Gasteiger partial charge is 0.493 e. The summed E-state index contributed by atoms with van der Waals surface area (Å²) in [6, 6.07) is 16.0. The number of carboxylic acids is 1. The number of amides is 1. The van der Waals surface area contributed by atoms with Gasteiger partial charge in [0.1, 0.15) is 12.6 Å². The molecule has 2 heterocycles. The molecule has 0 radical (unpaired) electrons. The molecule has 0 unspecified atom stereocenters. The molecule has 1 N–H and O–H groups in total. The molecule has 1 fully saturated rings. The van der Waals surface area contributed by atoms with Crippen LogP contribution in [0.1, 0.15) is 53.4 Å². The molecule has 8 heteroatoms. The Balaban J connectivity index is 1.46. The summed E-state index contributed by atoms with van der Waals surface area (Å²) in [5, 5.41) is 12.2. The average Bonchev–Trinajstić information content (AvgIpc) is 3.64. The number of methoxy groups -OCH3 is 1. The SMILES string of the molecule is COc1ccc2c(c1OCc1cccs1)C[C@@H](C(=O)O)N(C(=O)[C@@H](OC1CCCC1)c1ccccc1)C2. The third-order valence-electron chi connectivity index (χ3n) is 7.12. The second-order valence-electron chi connectivity index (χ2n) is 9.46. The minimum atomic E-state index is -1.06. The number of thiophene rings is 1. The normalized spacial score (nSPS) is 18.3. The lowest BCUT2D eigenvalue weighted by atomic mass is 9.91. The number of benzene rings is 2. The summed E-state index contributed by atoms with van der Waals surface area (Å²) in [5.74, 6) is -0.300. The molecule has 2 aliphatic rings. The van der Waals surface area contributed by atoms with E-state index in [1.807, 2.05) is 60.0 Å². The van der Waals surface area contributed by atoms with Gasteiger partial charge >= 0.3 is 5.97 Å². The van der Waals surface area contributed by atoms with Crippen LogP contribution in [-0.2, 0) is 33.9 Å². The maximum Gasteiger partial charge on any atom is 0.326 e. The maximum atomic E-state index is 14.0. The number of carbonyl (C=O) groups is 2. The van der Waals surface area contributed by atoms with Crippen molar-refractivity contribution in [3.63, 3.8) is 0 Å². The van der Waals surface area contributed by atoms with Crippen LogP contribution in [0.5, 0.6) is 11.5 Å². The zero-order valence-electron chi connectivity index (χ0n) is 20.8. The van der Waals surface area contributed by atoms with Crippen LogP contribution in [0.15, 0.2) is 60.0 Å². The molecule has 194 valence electrons. The first kappa shape index (κ1) is 25.3. The summed E-state index contributed by atoms with van der Waals surface area (Å²) >= 11 is 1.59. The summed E-state index contributed by atoms with van der Waals surface area (Å²) in [4.78, 5) is 29.0. The molecule has 2 aromatic carbocycles. The predicted molar refractivity (Wildman–Crippen MR) is 140 cm³/mol. The maximum absolute atomic E-state index is 14.0. The highest BCUT2D eigenvalue weighted by molar-refractivity contribution is 7.09. The van der Waals surface area contributed by atoms with Crippen molar-refractivity contribution >= 4 is 23.2 Å². The lowest BCUT2D eigenvalue weighted by Crippen LogP contribution is -2.50. The number of ether oxygens (including phenoxy) is 3. The number of hydrogen-bond donors (Lipinski definition) is 1. The Labute approximate surface area is 220 Å². The van der Waals surface area contributed by atoms with Crippen molar-refractivity contribution in [2.45, 2.75) is 63.5 Å². The molecule has 1 aliphatic heterocycles. The van der Waals surface area contributed by atoms with E-state index in [2.05, 4.69) is 0 Å². The van der Waals surface area contributed by atoms with E-state index in [1.54, 1.807) is 18.4 Å². The second-order valence-corrected chi connectivity index (χ2v) is 10.5. The van der Waals surface area contributed by atoms with E-state index in [4.69, 9.17) is 14.2 Å². The van der Waals surface area contributed by atoms with Crippen LogP contribution < -0.4 is 9.47 Å². The summed E-state index contributed by atoms with van der Waals surface area (Å²) < 4.78 is 18.1. The van der Waals surface area contributed by atoms with Gasteiger partial charge in [-0.15, -0.1) is 11.3 Å². The van der Waals surface area contributed by atoms with Gasteiger partial charge in [0.2, 0.25) is 0 Å². The molecule has 37 heavy (non-hydrogen) atoms. The molecule has 3 aromatic rings. The molecule has 5 rings (SSSR count). The number of carboxylic acid groups (broad SMARTS) is 1. The van der Waals surface area contributed by atoms with E-state index in [0.717, 1.165) is 47.3 Å². The third kappa shape index (κ3) is 5.50. The van der Waals surface area contributed by atoms with Crippen molar-refractivity contribution in [3.05, 3.63) is 81.5 Å². The monoisotopic (exact) mass is 521 g/mol. The average molecular weight is 522 g/mol. The van der Waals surface area contributed by atoms with Crippen molar-refractivity contribution in [2.24, 2.45) is 0 Å². The zero-order chi connectivity index (χ0) is 25.8. The molecule has 0 spiro atoms. The van der Waals surface area contributed by atoms with Crippen LogP contribution in [0.3, 0.4) is 0 Å². The lowest BCUT2D eigenvalue weighted by Gasteiger charge is -2.37. The minimum absolute atomic E-state index is 0.00368. The van der Waals surface area contributed by atoms with Crippen molar-refractivity contribution in [2.75, 3.05) is 7.11 Å². The molecular formula is C29H31NO6S. The Bertz CT molecular complexity index is 1220. The van der Waals surface area contributed by atoms with E-state index < -0.39 is 18.1 Å². The Hall–Kier alpha value is -3.36. The summed E-state index contributed by atoms with van der Waals surface area (Å²) in [5.41, 5.74) is 2.35. The zero-order valence-corrected chi connectivity index (χ0v) is 21.6. The van der Waals surface area contributed by atoms with E-state index in [1.165, 1.54) is 4.90 Å². The first-order valence-corrected chi connectivity index (χ1v) is 13.5. The van der Waals surface area contributed by atoms with Gasteiger partial charge in [0.15, 0.2) is 17.6 Å². The summed E-state index contributed by atoms with van der Waals surface area (Å²) in [6.45, 7) is 0.512. The Morgan fingerprint density at radius 1 is 1.08 bits per heavy atom. The fourth-order valence-corrected chi connectivity index (χ4v) is 5.82. The van der Waals surface area contributed by atoms with Crippen molar-refractivity contribution in [3.8, 4) is 11.5 Å². The highest BCUT2D eigenvalue weighted by atomic mass is 32.1. The van der Waals surface area contributed by atoms with Gasteiger partial charge < -0.3 is 24.2 Å². The number of hydrogen-bond acceptors (Lipinski definition) is 6. The number of nitrogens with zero attached hydrogens (tertiary/aromatic N) is 1. The highest BCUT2D eigenvalue weighted by Gasteiger charge is 2.41. The lowest BCUT2D eigenvalue weighted by molar-refractivity contribution is -0.160. The van der Waals surface area contributed by atoms with Gasteiger partial charge in [0.05, 0.1) is 13.2 Å². The van der Waals surface area contributed by atoms with Gasteiger partial charge in [0.25, 0.3) is 5.91 Å². The molecular weight excluding hydrogens is 490 g/mol. The standard InChI is InChI=1S/C29H31NO6S/c1-34-25-14-13-20-17-30(24(29(32)33)16-23(20)27(25)35-18-22-12-7-15-37-22)28(31)26(19-8-3-2-4-9-19)36-21-10-5-6-11-21/h2-4,7-9,12-15,21,24,26H,5-6,10-11,16-18H2,1H3,(H,32,33)/t24-,26-/m0/s1. The number of rotatable bonds is 9. The smallest absolute Gasteiger partial charge is 0.326 e. The number of aliphatic carboxylic acids is 1. The van der Waals surface area contributed by atoms with E-state index in [0.29, 0.717) is 18.1 Å². The fourth-order valence-electron chi connectivity index (χ4n) is 5.20. The molecule has 0 saturated heterocycles. The minimum Gasteiger partial charge on any atom is -0.493 e. The second kappa shape index (κ2) is 11.4. The highest BCUT2D eigenvalue weighted by Crippen LogP contribution is 2.40. The van der Waals surface area contributed by atoms with E-state index in [-0.39, 0.29) is 25.0 Å². The van der Waals surface area contributed by atoms with E-state index >= 15 is 0 Å². The van der Waals surface area contributed by atoms with Crippen LogP contribution in [0.4, 0.5) is 0 Å². The predicted octanol–water partition coefficient (Wildman–Crippen LogP) is 5.37. The van der Waals surface area contributed by atoms with Crippen molar-refractivity contribution in [1.29, 1.82) is 0 Å². The van der Waals surface area contributed by atoms with Gasteiger partial charge in [-0.3, -0.25) is 4.79 Å². The third-order valence-corrected chi connectivity index (χ3v) is 7.97. The molecule has 1 aliphatic carbocycles. The van der Waals surface area contributed by atoms with Crippen LogP contribution in [0.25, 0.3) is 0 Å². The van der Waals surface area contributed by atoms with Gasteiger partial charge in [-0.05, 0) is 41.5 Å². The molecule has 7 nitrogen and oxygen atoms in total. The Morgan fingerprint density at radius 2 is 1.86 bits per heavy atom. The van der Waals surface area contributed by atoms with Gasteiger partial charge in [-0.25, -0.2) is 4.79 Å². The van der Waals surface area contributed by atoms with Crippen molar-refractivity contribution in [1.82, 2.24) is 4.90 Å². The molecule has 0 bridgehead atoms. The van der Waals surface area contributed by atoms with Crippen LogP contribution >= 0.6 is 11.3 Å². The van der Waals surface area contributed by atoms with Crippen LogP contribution in [0.2, 0.25) is 0 Å². The number of fused-ring (bicyclic) bond motifs is 1. The van der Waals surface area contributed by atoms with Crippen LogP contribution in [0, 0.1) is 0 Å². The topological polar surface area (TPSA) is 85.3 Å². The molecule has 1 amide bonds. The van der Waals surface area contributed by atoms with Gasteiger partial charge in [-0.1, -0.05) is 55.3 Å². The quantitative estimate of drug-likeness (QED) is 0.407. The summed E-state index contributed by atoms with van der Waals surface area (Å²) in [6.07, 6.45) is 3.24. The summed E-state index contributed by atoms with van der Waals surface area (Å²) in [7, 11) is 1.57. The Morgan fingerprint density at radius 3 is 2.54 bits per heavy atom. The number of carbonyl (C=O) groups excluding carboxylic acids is 1. The van der Waals surface area contributed by atoms with Gasteiger partial charge in [0, 0.05) is 23.4 Å². The molecule has 2 atom stereocenters. The van der Waals surface area contributed by atoms with Gasteiger partial charge in [-0.2, -0.15) is 0 Å².